The Hall–Kier alpha value is -2.22. The topological polar surface area (TPSA) is 90.2 Å². The van der Waals surface area contributed by atoms with E-state index in [1.807, 2.05) is 10.7 Å². The second-order valence-corrected chi connectivity index (χ2v) is 6.71. The van der Waals surface area contributed by atoms with E-state index in [1.165, 1.54) is 5.56 Å². The van der Waals surface area contributed by atoms with Crippen molar-refractivity contribution < 1.29 is 10.2 Å². The minimum Gasteiger partial charge on any atom is -0.393 e. The van der Waals surface area contributed by atoms with Gasteiger partial charge in [-0.2, -0.15) is 5.10 Å². The van der Waals surface area contributed by atoms with E-state index < -0.39 is 6.10 Å². The quantitative estimate of drug-likeness (QED) is 0.648. The lowest BCUT2D eigenvalue weighted by atomic mass is 10.2. The van der Waals surface area contributed by atoms with Gasteiger partial charge in [0.1, 0.15) is 11.9 Å². The van der Waals surface area contributed by atoms with Gasteiger partial charge in [-0.15, -0.1) is 0 Å². The van der Waals surface area contributed by atoms with Crippen LogP contribution in [0.15, 0.2) is 24.3 Å². The number of aromatic amines is 1. The van der Waals surface area contributed by atoms with Crippen molar-refractivity contribution >= 4 is 11.0 Å². The summed E-state index contributed by atoms with van der Waals surface area (Å²) in [7, 11) is 0. The number of imidazole rings is 1. The van der Waals surface area contributed by atoms with Crippen LogP contribution in [0.5, 0.6) is 0 Å². The fourth-order valence-corrected chi connectivity index (χ4v) is 3.35. The lowest BCUT2D eigenvalue weighted by molar-refractivity contribution is 0.0915. The highest BCUT2D eigenvalue weighted by Gasteiger charge is 2.20. The zero-order valence-electron chi connectivity index (χ0n) is 14.3. The Morgan fingerprint density at radius 2 is 2.16 bits per heavy atom. The molecule has 3 aromatic rings. The molecule has 2 aromatic heterocycles. The monoisotopic (exact) mass is 341 g/mol. The molecule has 0 bridgehead atoms. The third-order valence-corrected chi connectivity index (χ3v) is 4.76. The number of H-pyrrole nitrogens is 1. The standard InChI is InChI=1S/C18H23N5O2/c1-12-2-3-14-15(8-12)20-18(19-14)4-5-22-6-7-23-13(10-22)9-16(21-23)17(25)11-24/h2-3,8-9,17,24-25H,4-7,10-11H2,1H3,(H,19,20)/t17-/m1/s1. The molecule has 1 aliphatic heterocycles. The average Bonchev–Trinajstić information content (AvgIpc) is 3.21. The van der Waals surface area contributed by atoms with Gasteiger partial charge in [0, 0.05) is 26.1 Å². The summed E-state index contributed by atoms with van der Waals surface area (Å²) in [6.07, 6.45) is -0.0286. The number of nitrogens with zero attached hydrogens (tertiary/aromatic N) is 4. The van der Waals surface area contributed by atoms with Gasteiger partial charge in [0.25, 0.3) is 0 Å². The van der Waals surface area contributed by atoms with E-state index >= 15 is 0 Å². The smallest absolute Gasteiger partial charge is 0.121 e. The van der Waals surface area contributed by atoms with Crippen LogP contribution in [0.2, 0.25) is 0 Å². The summed E-state index contributed by atoms with van der Waals surface area (Å²) in [6.45, 7) is 5.21. The van der Waals surface area contributed by atoms with Gasteiger partial charge in [0.2, 0.25) is 0 Å². The Balaban J connectivity index is 1.41. The van der Waals surface area contributed by atoms with Gasteiger partial charge in [0.15, 0.2) is 0 Å². The first kappa shape index (κ1) is 16.3. The molecule has 25 heavy (non-hydrogen) atoms. The molecule has 0 saturated carbocycles. The summed E-state index contributed by atoms with van der Waals surface area (Å²) in [6, 6.07) is 8.14. The largest absolute Gasteiger partial charge is 0.393 e. The van der Waals surface area contributed by atoms with Crippen molar-refractivity contribution in [2.45, 2.75) is 32.5 Å². The first-order valence-electron chi connectivity index (χ1n) is 8.65. The summed E-state index contributed by atoms with van der Waals surface area (Å²) in [4.78, 5) is 10.4. The van der Waals surface area contributed by atoms with Gasteiger partial charge in [0.05, 0.1) is 35.6 Å². The van der Waals surface area contributed by atoms with Crippen molar-refractivity contribution in [2.24, 2.45) is 0 Å². The summed E-state index contributed by atoms with van der Waals surface area (Å²) in [5.41, 5.74) is 4.96. The maximum atomic E-state index is 9.73. The number of aryl methyl sites for hydroxylation is 1. The number of hydrogen-bond acceptors (Lipinski definition) is 5. The Kier molecular flexibility index (Phi) is 4.29. The third-order valence-electron chi connectivity index (χ3n) is 4.76. The minimum absolute atomic E-state index is 0.300. The molecule has 0 fully saturated rings. The number of hydrogen-bond donors (Lipinski definition) is 3. The van der Waals surface area contributed by atoms with Crippen LogP contribution < -0.4 is 0 Å². The summed E-state index contributed by atoms with van der Waals surface area (Å²) in [5, 5.41) is 23.2. The first-order chi connectivity index (χ1) is 12.1. The van der Waals surface area contributed by atoms with Crippen LogP contribution in [-0.4, -0.2) is 54.6 Å². The molecule has 0 aliphatic carbocycles. The predicted octanol–water partition coefficient (Wildman–Crippen LogP) is 1.15. The fraction of sp³-hybridized carbons (Fsp3) is 0.444. The number of aliphatic hydroxyl groups excluding tert-OH is 2. The zero-order chi connectivity index (χ0) is 17.4. The molecular formula is C18H23N5O2. The predicted molar refractivity (Wildman–Crippen MR) is 94.1 cm³/mol. The average molecular weight is 341 g/mol. The van der Waals surface area contributed by atoms with E-state index in [0.717, 1.165) is 55.2 Å². The van der Waals surface area contributed by atoms with E-state index in [-0.39, 0.29) is 6.61 Å². The lowest BCUT2D eigenvalue weighted by Gasteiger charge is -2.27. The van der Waals surface area contributed by atoms with E-state index in [1.54, 1.807) is 0 Å². The number of fused-ring (bicyclic) bond motifs is 2. The molecule has 1 aromatic carbocycles. The fourth-order valence-electron chi connectivity index (χ4n) is 3.35. The van der Waals surface area contributed by atoms with Gasteiger partial charge in [-0.05, 0) is 30.7 Å². The molecule has 0 unspecified atom stereocenters. The number of nitrogens with one attached hydrogen (secondary N) is 1. The maximum absolute atomic E-state index is 9.73. The van der Waals surface area contributed by atoms with Crippen LogP contribution in [0.3, 0.4) is 0 Å². The number of aromatic nitrogens is 4. The number of benzene rings is 1. The van der Waals surface area contributed by atoms with E-state index in [4.69, 9.17) is 5.11 Å². The van der Waals surface area contributed by atoms with Crippen LogP contribution >= 0.6 is 0 Å². The highest BCUT2D eigenvalue weighted by atomic mass is 16.3. The Bertz CT molecular complexity index is 885. The van der Waals surface area contributed by atoms with E-state index in [9.17, 15) is 5.11 Å². The second kappa shape index (κ2) is 6.59. The molecule has 4 rings (SSSR count). The van der Waals surface area contributed by atoms with Crippen LogP contribution in [-0.2, 0) is 19.5 Å². The highest BCUT2D eigenvalue weighted by molar-refractivity contribution is 5.75. The van der Waals surface area contributed by atoms with Gasteiger partial charge in [-0.25, -0.2) is 4.98 Å². The van der Waals surface area contributed by atoms with Crippen LogP contribution in [0.1, 0.15) is 28.9 Å². The highest BCUT2D eigenvalue weighted by Crippen LogP contribution is 2.19. The molecule has 7 heteroatoms. The SMILES string of the molecule is Cc1ccc2nc(CCN3CCn4nc([C@H](O)CO)cc4C3)[nH]c2c1. The van der Waals surface area contributed by atoms with Crippen LogP contribution in [0, 0.1) is 6.92 Å². The number of rotatable bonds is 5. The minimum atomic E-state index is -0.898. The molecule has 3 N–H and O–H groups in total. The van der Waals surface area contributed by atoms with Gasteiger partial charge in [-0.3, -0.25) is 9.58 Å². The molecule has 0 radical (unpaired) electrons. The lowest BCUT2D eigenvalue weighted by Crippen LogP contribution is -2.35. The van der Waals surface area contributed by atoms with Gasteiger partial charge < -0.3 is 15.2 Å². The normalized spacial score (nSPS) is 16.3. The maximum Gasteiger partial charge on any atom is 0.121 e. The molecule has 1 atom stereocenters. The third kappa shape index (κ3) is 3.30. The van der Waals surface area contributed by atoms with Crippen molar-refractivity contribution in [2.75, 3.05) is 19.7 Å². The van der Waals surface area contributed by atoms with Gasteiger partial charge >= 0.3 is 0 Å². The Morgan fingerprint density at radius 1 is 1.28 bits per heavy atom. The zero-order valence-corrected chi connectivity index (χ0v) is 14.3. The van der Waals surface area contributed by atoms with Crippen molar-refractivity contribution in [1.82, 2.24) is 24.6 Å². The molecule has 0 spiro atoms. The molecule has 0 amide bonds. The first-order valence-corrected chi connectivity index (χ1v) is 8.65. The Labute approximate surface area is 145 Å². The molecular weight excluding hydrogens is 318 g/mol. The summed E-state index contributed by atoms with van der Waals surface area (Å²) in [5.74, 6) is 1.01. The molecule has 7 nitrogen and oxygen atoms in total. The van der Waals surface area contributed by atoms with Gasteiger partial charge in [-0.1, -0.05) is 6.07 Å². The number of aliphatic hydroxyl groups is 2. The Morgan fingerprint density at radius 3 is 3.00 bits per heavy atom. The van der Waals surface area contributed by atoms with E-state index in [0.29, 0.717) is 5.69 Å². The van der Waals surface area contributed by atoms with Crippen LogP contribution in [0.25, 0.3) is 11.0 Å². The molecule has 3 heterocycles. The molecule has 132 valence electrons. The van der Waals surface area contributed by atoms with Crippen molar-refractivity contribution in [3.63, 3.8) is 0 Å². The molecule has 1 aliphatic rings. The van der Waals surface area contributed by atoms with E-state index in [2.05, 4.69) is 45.1 Å². The summed E-state index contributed by atoms with van der Waals surface area (Å²) >= 11 is 0. The second-order valence-electron chi connectivity index (χ2n) is 6.71. The van der Waals surface area contributed by atoms with Crippen molar-refractivity contribution in [3.8, 4) is 0 Å². The molecule has 0 saturated heterocycles. The summed E-state index contributed by atoms with van der Waals surface area (Å²) < 4.78 is 1.93. The van der Waals surface area contributed by atoms with Crippen molar-refractivity contribution in [3.05, 3.63) is 47.0 Å². The van der Waals surface area contributed by atoms with Crippen LogP contribution in [0.4, 0.5) is 0 Å². The van der Waals surface area contributed by atoms with Crippen molar-refractivity contribution in [1.29, 1.82) is 0 Å².